The second kappa shape index (κ2) is 8.36. The van der Waals surface area contributed by atoms with Crippen LogP contribution in [-0.4, -0.2) is 26.6 Å². The van der Waals surface area contributed by atoms with Gasteiger partial charge >= 0.3 is 0 Å². The van der Waals surface area contributed by atoms with Gasteiger partial charge in [-0.3, -0.25) is 4.79 Å². The second-order valence-electron chi connectivity index (χ2n) is 5.21. The molecule has 2 aromatic rings. The zero-order valence-corrected chi connectivity index (χ0v) is 14.4. The average Bonchev–Trinajstić information content (AvgIpc) is 2.60. The van der Waals surface area contributed by atoms with E-state index in [1.165, 1.54) is 14.2 Å². The quantitative estimate of drug-likeness (QED) is 0.416. The van der Waals surface area contributed by atoms with Crippen molar-refractivity contribution < 1.29 is 24.0 Å². The minimum absolute atomic E-state index is 0.204. The Bertz CT molecular complexity index is 709. The van der Waals surface area contributed by atoms with Crippen molar-refractivity contribution in [1.29, 1.82) is 0 Å². The number of hydrogen-bond acceptors (Lipinski definition) is 5. The molecule has 0 bridgehead atoms. The lowest BCUT2D eigenvalue weighted by Gasteiger charge is -2.17. The molecule has 0 amide bonds. The number of ketones is 1. The van der Waals surface area contributed by atoms with E-state index in [-0.39, 0.29) is 11.5 Å². The highest BCUT2D eigenvalue weighted by Crippen LogP contribution is 2.39. The van der Waals surface area contributed by atoms with Gasteiger partial charge in [0.05, 0.1) is 20.8 Å². The number of aryl methyl sites for hydroxylation is 1. The third-order valence-corrected chi connectivity index (χ3v) is 3.55. The van der Waals surface area contributed by atoms with Crippen molar-refractivity contribution >= 4 is 5.78 Å². The highest BCUT2D eigenvalue weighted by molar-refractivity contribution is 6.13. The first-order valence-electron chi connectivity index (χ1n) is 7.78. The number of carbonyl (C=O) groups excluding carboxylic acids is 1. The standard InChI is InChI=1S/C19H22O5/c1-5-12-23-15-10-11-16(21-3)19(24-22-4)17(15)18(20)14-9-7-6-8-13(14)2/h6-11H,5,12H2,1-4H3. The fourth-order valence-corrected chi connectivity index (χ4v) is 2.38. The van der Waals surface area contributed by atoms with Crippen LogP contribution in [0, 0.1) is 6.92 Å². The van der Waals surface area contributed by atoms with E-state index >= 15 is 0 Å². The van der Waals surface area contributed by atoms with Crippen LogP contribution in [-0.2, 0) is 4.89 Å². The predicted octanol–water partition coefficient (Wildman–Crippen LogP) is 3.96. The van der Waals surface area contributed by atoms with Crippen LogP contribution >= 0.6 is 0 Å². The summed E-state index contributed by atoms with van der Waals surface area (Å²) in [6, 6.07) is 10.8. The van der Waals surface area contributed by atoms with Gasteiger partial charge in [-0.05, 0) is 31.0 Å². The van der Waals surface area contributed by atoms with Crippen LogP contribution in [0.1, 0.15) is 34.8 Å². The van der Waals surface area contributed by atoms with Gasteiger partial charge in [-0.2, -0.15) is 4.89 Å². The van der Waals surface area contributed by atoms with Gasteiger partial charge in [0.15, 0.2) is 5.75 Å². The Morgan fingerprint density at radius 2 is 1.75 bits per heavy atom. The van der Waals surface area contributed by atoms with Gasteiger partial charge < -0.3 is 14.4 Å². The molecule has 2 aromatic carbocycles. The maximum atomic E-state index is 13.1. The van der Waals surface area contributed by atoms with Crippen molar-refractivity contribution in [2.24, 2.45) is 0 Å². The van der Waals surface area contributed by atoms with Crippen LogP contribution in [0.15, 0.2) is 36.4 Å². The zero-order chi connectivity index (χ0) is 17.5. The van der Waals surface area contributed by atoms with E-state index in [4.69, 9.17) is 19.2 Å². The highest BCUT2D eigenvalue weighted by Gasteiger charge is 2.26. The van der Waals surface area contributed by atoms with Crippen molar-refractivity contribution in [1.82, 2.24) is 0 Å². The van der Waals surface area contributed by atoms with Gasteiger partial charge in [0, 0.05) is 5.56 Å². The average molecular weight is 330 g/mol. The van der Waals surface area contributed by atoms with Crippen LogP contribution in [0.2, 0.25) is 0 Å². The molecule has 0 radical (unpaired) electrons. The molecule has 0 saturated carbocycles. The summed E-state index contributed by atoms with van der Waals surface area (Å²) in [6.07, 6.45) is 0.824. The zero-order valence-electron chi connectivity index (χ0n) is 14.4. The normalized spacial score (nSPS) is 10.3. The van der Waals surface area contributed by atoms with E-state index in [9.17, 15) is 4.79 Å². The molecule has 0 spiro atoms. The molecular weight excluding hydrogens is 308 g/mol. The summed E-state index contributed by atoms with van der Waals surface area (Å²) in [5.74, 6) is 0.850. The van der Waals surface area contributed by atoms with Gasteiger partial charge in [-0.15, -0.1) is 0 Å². The summed E-state index contributed by atoms with van der Waals surface area (Å²) in [5, 5.41) is 0. The molecule has 0 aromatic heterocycles. The lowest BCUT2D eigenvalue weighted by Crippen LogP contribution is -2.11. The van der Waals surface area contributed by atoms with Crippen LogP contribution in [0.25, 0.3) is 0 Å². The molecule has 0 heterocycles. The van der Waals surface area contributed by atoms with Crippen molar-refractivity contribution in [2.75, 3.05) is 20.8 Å². The van der Waals surface area contributed by atoms with Gasteiger partial charge in [0.2, 0.25) is 11.5 Å². The monoisotopic (exact) mass is 330 g/mol. The Morgan fingerprint density at radius 1 is 1.04 bits per heavy atom. The number of benzene rings is 2. The van der Waals surface area contributed by atoms with Crippen molar-refractivity contribution in [3.63, 3.8) is 0 Å². The van der Waals surface area contributed by atoms with Crippen LogP contribution in [0.3, 0.4) is 0 Å². The number of carbonyl (C=O) groups is 1. The topological polar surface area (TPSA) is 54.0 Å². The van der Waals surface area contributed by atoms with E-state index in [0.717, 1.165) is 12.0 Å². The molecule has 0 unspecified atom stereocenters. The summed E-state index contributed by atoms with van der Waals surface area (Å²) in [5.41, 5.74) is 1.74. The van der Waals surface area contributed by atoms with E-state index in [2.05, 4.69) is 0 Å². The molecule has 0 aliphatic rings. The Kier molecular flexibility index (Phi) is 6.21. The van der Waals surface area contributed by atoms with E-state index in [0.29, 0.717) is 29.2 Å². The highest BCUT2D eigenvalue weighted by atomic mass is 17.2. The van der Waals surface area contributed by atoms with Crippen molar-refractivity contribution in [2.45, 2.75) is 20.3 Å². The minimum Gasteiger partial charge on any atom is -0.493 e. The van der Waals surface area contributed by atoms with Gasteiger partial charge in [-0.25, -0.2) is 0 Å². The second-order valence-corrected chi connectivity index (χ2v) is 5.21. The van der Waals surface area contributed by atoms with Crippen molar-refractivity contribution in [3.05, 3.63) is 53.1 Å². The number of ether oxygens (including phenoxy) is 2. The van der Waals surface area contributed by atoms with Crippen LogP contribution < -0.4 is 14.4 Å². The first-order chi connectivity index (χ1) is 11.6. The van der Waals surface area contributed by atoms with E-state index in [1.54, 1.807) is 18.2 Å². The fourth-order valence-electron chi connectivity index (χ4n) is 2.38. The first kappa shape index (κ1) is 17.8. The fraction of sp³-hybridized carbons (Fsp3) is 0.316. The first-order valence-corrected chi connectivity index (χ1v) is 7.78. The molecule has 0 aliphatic heterocycles. The summed E-state index contributed by atoms with van der Waals surface area (Å²) in [6.45, 7) is 4.38. The molecule has 2 rings (SSSR count). The Labute approximate surface area is 142 Å². The Hall–Kier alpha value is -2.53. The molecular formula is C19H22O5. The third kappa shape index (κ3) is 3.68. The van der Waals surface area contributed by atoms with Crippen LogP contribution in [0.4, 0.5) is 0 Å². The summed E-state index contributed by atoms with van der Waals surface area (Å²) >= 11 is 0. The molecule has 0 saturated heterocycles. The number of hydrogen-bond donors (Lipinski definition) is 0. The summed E-state index contributed by atoms with van der Waals surface area (Å²) in [4.78, 5) is 23.2. The number of methoxy groups -OCH3 is 1. The maximum absolute atomic E-state index is 13.1. The van der Waals surface area contributed by atoms with Crippen LogP contribution in [0.5, 0.6) is 17.2 Å². The lowest BCUT2D eigenvalue weighted by atomic mass is 9.97. The van der Waals surface area contributed by atoms with Gasteiger partial charge in [-0.1, -0.05) is 31.2 Å². The van der Waals surface area contributed by atoms with Gasteiger partial charge in [0.1, 0.15) is 11.3 Å². The summed E-state index contributed by atoms with van der Waals surface area (Å²) in [7, 11) is 2.88. The van der Waals surface area contributed by atoms with E-state index < -0.39 is 0 Å². The third-order valence-electron chi connectivity index (χ3n) is 3.55. The molecule has 0 atom stereocenters. The smallest absolute Gasteiger partial charge is 0.222 e. The predicted molar refractivity (Wildman–Crippen MR) is 91.0 cm³/mol. The molecule has 0 aliphatic carbocycles. The van der Waals surface area contributed by atoms with E-state index in [1.807, 2.05) is 32.0 Å². The molecule has 128 valence electrons. The van der Waals surface area contributed by atoms with Gasteiger partial charge in [0.25, 0.3) is 0 Å². The molecule has 0 fully saturated rings. The molecule has 24 heavy (non-hydrogen) atoms. The Morgan fingerprint density at radius 3 is 2.38 bits per heavy atom. The Balaban J connectivity index is 2.62. The molecule has 5 nitrogen and oxygen atoms in total. The molecule has 0 N–H and O–H groups in total. The maximum Gasteiger partial charge on any atom is 0.222 e. The largest absolute Gasteiger partial charge is 0.493 e. The minimum atomic E-state index is -0.204. The molecule has 5 heteroatoms. The summed E-state index contributed by atoms with van der Waals surface area (Å²) < 4.78 is 11.0. The lowest BCUT2D eigenvalue weighted by molar-refractivity contribution is -0.179. The van der Waals surface area contributed by atoms with Crippen molar-refractivity contribution in [3.8, 4) is 17.2 Å². The SMILES string of the molecule is CCCOc1ccc(OC)c(OOC)c1C(=O)c1ccccc1C. The number of rotatable bonds is 8.